The molecule has 2 aromatic carbocycles. The van der Waals surface area contributed by atoms with E-state index in [1.807, 2.05) is 47.4 Å². The van der Waals surface area contributed by atoms with Crippen molar-refractivity contribution in [2.24, 2.45) is 0 Å². The standard InChI is InChI=1S/C23H28N2O2S/c1-4-5-10-21(26)24-18-13-11-17(12-14-18)23-25(22(27)15-28-23)20-9-7-6-8-19(20)16(2)3/h6-9,11-14,16,23H,4-5,10,15H2,1-3H3,(H,24,26)/t23-/m1/s1. The second-order valence-electron chi connectivity index (χ2n) is 7.41. The third kappa shape index (κ3) is 4.58. The molecular formula is C23H28N2O2S. The Morgan fingerprint density at radius 3 is 2.57 bits per heavy atom. The number of hydrogen-bond donors (Lipinski definition) is 1. The fraction of sp³-hybridized carbons (Fsp3) is 0.391. The number of hydrogen-bond acceptors (Lipinski definition) is 3. The van der Waals surface area contributed by atoms with Crippen LogP contribution in [-0.2, 0) is 9.59 Å². The minimum absolute atomic E-state index is 0.0442. The summed E-state index contributed by atoms with van der Waals surface area (Å²) in [6.07, 6.45) is 2.45. The summed E-state index contributed by atoms with van der Waals surface area (Å²) in [6, 6.07) is 16.0. The number of carbonyl (C=O) groups excluding carboxylic acids is 2. The van der Waals surface area contributed by atoms with Crippen molar-refractivity contribution in [2.75, 3.05) is 16.0 Å². The van der Waals surface area contributed by atoms with Gasteiger partial charge in [0.05, 0.1) is 5.75 Å². The number of para-hydroxylation sites is 1. The lowest BCUT2D eigenvalue weighted by atomic mass is 10.00. The maximum atomic E-state index is 12.7. The molecule has 1 saturated heterocycles. The molecule has 4 nitrogen and oxygen atoms in total. The molecule has 1 N–H and O–H groups in total. The number of anilines is 2. The molecule has 1 heterocycles. The van der Waals surface area contributed by atoms with Crippen LogP contribution in [0.2, 0.25) is 0 Å². The fourth-order valence-corrected chi connectivity index (χ4v) is 4.59. The second kappa shape index (κ2) is 9.28. The van der Waals surface area contributed by atoms with Gasteiger partial charge < -0.3 is 5.32 Å². The van der Waals surface area contributed by atoms with Crippen molar-refractivity contribution in [2.45, 2.75) is 51.3 Å². The molecule has 0 saturated carbocycles. The Balaban J connectivity index is 1.81. The Kier molecular flexibility index (Phi) is 6.79. The summed E-state index contributed by atoms with van der Waals surface area (Å²) in [5.74, 6) is 1.01. The van der Waals surface area contributed by atoms with E-state index in [-0.39, 0.29) is 17.2 Å². The lowest BCUT2D eigenvalue weighted by Gasteiger charge is -2.27. The average Bonchev–Trinajstić information content (AvgIpc) is 3.08. The van der Waals surface area contributed by atoms with Crippen LogP contribution in [0.25, 0.3) is 0 Å². The summed E-state index contributed by atoms with van der Waals surface area (Å²) in [5.41, 5.74) is 4.05. The van der Waals surface area contributed by atoms with Crippen molar-refractivity contribution in [1.82, 2.24) is 0 Å². The summed E-state index contributed by atoms with van der Waals surface area (Å²) in [7, 11) is 0. The van der Waals surface area contributed by atoms with Gasteiger partial charge in [-0.2, -0.15) is 0 Å². The number of benzene rings is 2. The van der Waals surface area contributed by atoms with E-state index < -0.39 is 0 Å². The van der Waals surface area contributed by atoms with E-state index in [1.165, 1.54) is 5.56 Å². The van der Waals surface area contributed by atoms with Gasteiger partial charge in [0.2, 0.25) is 11.8 Å². The minimum Gasteiger partial charge on any atom is -0.326 e. The first-order valence-corrected chi connectivity index (χ1v) is 11.0. The molecule has 3 rings (SSSR count). The zero-order chi connectivity index (χ0) is 20.1. The Bertz CT molecular complexity index is 833. The second-order valence-corrected chi connectivity index (χ2v) is 8.48. The monoisotopic (exact) mass is 396 g/mol. The fourth-order valence-electron chi connectivity index (χ4n) is 3.42. The van der Waals surface area contributed by atoms with Crippen LogP contribution in [0, 0.1) is 0 Å². The largest absolute Gasteiger partial charge is 0.326 e. The van der Waals surface area contributed by atoms with Gasteiger partial charge in [0.1, 0.15) is 5.37 Å². The van der Waals surface area contributed by atoms with Crippen molar-refractivity contribution >= 4 is 35.0 Å². The topological polar surface area (TPSA) is 49.4 Å². The third-order valence-corrected chi connectivity index (χ3v) is 6.14. The van der Waals surface area contributed by atoms with Crippen LogP contribution in [0.4, 0.5) is 11.4 Å². The number of unbranched alkanes of at least 4 members (excludes halogenated alkanes) is 1. The number of carbonyl (C=O) groups is 2. The Morgan fingerprint density at radius 1 is 1.18 bits per heavy atom. The Hall–Kier alpha value is -2.27. The Morgan fingerprint density at radius 2 is 1.89 bits per heavy atom. The number of rotatable bonds is 7. The van der Waals surface area contributed by atoms with Crippen LogP contribution in [0.1, 0.15) is 62.5 Å². The molecule has 5 heteroatoms. The van der Waals surface area contributed by atoms with Crippen molar-refractivity contribution in [3.8, 4) is 0 Å². The molecule has 1 atom stereocenters. The number of nitrogens with one attached hydrogen (secondary N) is 1. The highest BCUT2D eigenvalue weighted by Gasteiger charge is 2.35. The van der Waals surface area contributed by atoms with Gasteiger partial charge >= 0.3 is 0 Å². The lowest BCUT2D eigenvalue weighted by Crippen LogP contribution is -2.29. The average molecular weight is 397 g/mol. The number of thioether (sulfide) groups is 1. The van der Waals surface area contributed by atoms with Gasteiger partial charge in [-0.1, -0.05) is 57.5 Å². The van der Waals surface area contributed by atoms with Crippen LogP contribution >= 0.6 is 11.8 Å². The molecule has 1 fully saturated rings. The molecule has 0 spiro atoms. The predicted molar refractivity (Wildman–Crippen MR) is 118 cm³/mol. The van der Waals surface area contributed by atoms with Crippen LogP contribution in [-0.4, -0.2) is 17.6 Å². The van der Waals surface area contributed by atoms with Gasteiger partial charge in [-0.15, -0.1) is 11.8 Å². The highest BCUT2D eigenvalue weighted by Crippen LogP contribution is 2.44. The highest BCUT2D eigenvalue weighted by atomic mass is 32.2. The van der Waals surface area contributed by atoms with Crippen molar-refractivity contribution < 1.29 is 9.59 Å². The first-order chi connectivity index (χ1) is 13.5. The summed E-state index contributed by atoms with van der Waals surface area (Å²) in [6.45, 7) is 6.38. The van der Waals surface area contributed by atoms with Crippen molar-refractivity contribution in [1.29, 1.82) is 0 Å². The van der Waals surface area contributed by atoms with E-state index in [0.29, 0.717) is 18.1 Å². The van der Waals surface area contributed by atoms with Crippen LogP contribution in [0.5, 0.6) is 0 Å². The molecule has 0 radical (unpaired) electrons. The highest BCUT2D eigenvalue weighted by molar-refractivity contribution is 8.00. The van der Waals surface area contributed by atoms with E-state index in [0.717, 1.165) is 29.8 Å². The number of amides is 2. The number of nitrogens with zero attached hydrogens (tertiary/aromatic N) is 1. The Labute approximate surface area is 171 Å². The first-order valence-electron chi connectivity index (χ1n) is 9.93. The smallest absolute Gasteiger partial charge is 0.238 e. The normalized spacial score (nSPS) is 16.6. The van der Waals surface area contributed by atoms with Crippen molar-refractivity contribution in [3.63, 3.8) is 0 Å². The zero-order valence-corrected chi connectivity index (χ0v) is 17.6. The van der Waals surface area contributed by atoms with Crippen molar-refractivity contribution in [3.05, 3.63) is 59.7 Å². The summed E-state index contributed by atoms with van der Waals surface area (Å²) < 4.78 is 0. The van der Waals surface area contributed by atoms with Gasteiger partial charge in [-0.3, -0.25) is 14.5 Å². The molecule has 1 aliphatic rings. The van der Waals surface area contributed by atoms with Crippen LogP contribution in [0.3, 0.4) is 0 Å². The van der Waals surface area contributed by atoms with Gasteiger partial charge in [0.25, 0.3) is 0 Å². The summed E-state index contributed by atoms with van der Waals surface area (Å²) in [5, 5.41) is 2.90. The lowest BCUT2D eigenvalue weighted by molar-refractivity contribution is -0.116. The summed E-state index contributed by atoms with van der Waals surface area (Å²) in [4.78, 5) is 26.5. The quantitative estimate of drug-likeness (QED) is 0.651. The van der Waals surface area contributed by atoms with E-state index in [9.17, 15) is 9.59 Å². The van der Waals surface area contributed by atoms with Crippen LogP contribution < -0.4 is 10.2 Å². The molecule has 2 aromatic rings. The molecule has 0 aromatic heterocycles. The van der Waals surface area contributed by atoms with Crippen LogP contribution in [0.15, 0.2) is 48.5 Å². The first kappa shape index (κ1) is 20.5. The maximum absolute atomic E-state index is 12.7. The van der Waals surface area contributed by atoms with Gasteiger partial charge in [0.15, 0.2) is 0 Å². The summed E-state index contributed by atoms with van der Waals surface area (Å²) >= 11 is 1.65. The molecule has 0 unspecified atom stereocenters. The van der Waals surface area contributed by atoms with E-state index in [1.54, 1.807) is 11.8 Å². The van der Waals surface area contributed by atoms with Gasteiger partial charge in [-0.05, 0) is 41.7 Å². The molecule has 0 bridgehead atoms. The van der Waals surface area contributed by atoms with Gasteiger partial charge in [-0.25, -0.2) is 0 Å². The maximum Gasteiger partial charge on any atom is 0.238 e. The predicted octanol–water partition coefficient (Wildman–Crippen LogP) is 5.72. The van der Waals surface area contributed by atoms with E-state index in [2.05, 4.69) is 32.2 Å². The molecule has 2 amide bonds. The SMILES string of the molecule is CCCCC(=O)Nc1ccc([C@H]2SCC(=O)N2c2ccccc2C(C)C)cc1. The molecule has 0 aliphatic carbocycles. The van der Waals surface area contributed by atoms with Gasteiger partial charge in [0, 0.05) is 17.8 Å². The zero-order valence-electron chi connectivity index (χ0n) is 16.8. The van der Waals surface area contributed by atoms with E-state index in [4.69, 9.17) is 0 Å². The van der Waals surface area contributed by atoms with E-state index >= 15 is 0 Å². The third-order valence-electron chi connectivity index (χ3n) is 4.92. The minimum atomic E-state index is -0.0442. The molecule has 1 aliphatic heterocycles. The molecule has 148 valence electrons. The molecule has 28 heavy (non-hydrogen) atoms. The molecular weight excluding hydrogens is 368 g/mol.